The number of aliphatic hydroxyl groups excluding tert-OH is 1. The Bertz CT molecular complexity index is 728. The van der Waals surface area contributed by atoms with Crippen molar-refractivity contribution in [3.63, 3.8) is 0 Å². The lowest BCUT2D eigenvalue weighted by atomic mass is 9.98. The molecule has 148 valence electrons. The van der Waals surface area contributed by atoms with Crippen LogP contribution in [0.1, 0.15) is 37.9 Å². The van der Waals surface area contributed by atoms with Gasteiger partial charge in [-0.2, -0.15) is 0 Å². The smallest absolute Gasteiger partial charge is 0.252 e. The first kappa shape index (κ1) is 20.9. The van der Waals surface area contributed by atoms with Gasteiger partial charge in [0.05, 0.1) is 5.60 Å². The fourth-order valence-corrected chi connectivity index (χ4v) is 2.88. The van der Waals surface area contributed by atoms with E-state index in [1.165, 1.54) is 20.8 Å². The van der Waals surface area contributed by atoms with E-state index < -0.39 is 35.6 Å². The van der Waals surface area contributed by atoms with Crippen LogP contribution < -0.4 is 10.6 Å². The average molecular weight is 377 g/mol. The summed E-state index contributed by atoms with van der Waals surface area (Å²) in [4.78, 5) is 38.8. The standard InChI is InChI=1S/C19H27N3O5/c1-11(20-17(25)15(23)19(2,3)27)16(24)21-14-13-8-6-5-7-12(13)9-10-22(4)18(14)26/h5-8,11,14-15,23,27H,9-10H2,1-4H3,(H,20,25)(H,21,24)/t11-,14-,15+/m0/s1. The number of nitrogens with zero attached hydrogens (tertiary/aromatic N) is 1. The lowest BCUT2D eigenvalue weighted by Gasteiger charge is -2.26. The maximum absolute atomic E-state index is 12.7. The number of fused-ring (bicyclic) bond motifs is 1. The van der Waals surface area contributed by atoms with Crippen molar-refractivity contribution in [3.8, 4) is 0 Å². The van der Waals surface area contributed by atoms with Crippen molar-refractivity contribution in [1.29, 1.82) is 0 Å². The molecule has 0 spiro atoms. The van der Waals surface area contributed by atoms with E-state index in [2.05, 4.69) is 10.6 Å². The predicted octanol–water partition coefficient (Wildman–Crippen LogP) is -0.505. The summed E-state index contributed by atoms with van der Waals surface area (Å²) in [6.45, 7) is 4.57. The van der Waals surface area contributed by atoms with Gasteiger partial charge in [-0.05, 0) is 38.3 Å². The first-order chi connectivity index (χ1) is 12.5. The molecule has 0 unspecified atom stereocenters. The largest absolute Gasteiger partial charge is 0.387 e. The fraction of sp³-hybridized carbons (Fsp3) is 0.526. The molecule has 0 saturated heterocycles. The van der Waals surface area contributed by atoms with Gasteiger partial charge >= 0.3 is 0 Å². The second kappa shape index (κ2) is 8.06. The highest BCUT2D eigenvalue weighted by molar-refractivity contribution is 5.93. The maximum Gasteiger partial charge on any atom is 0.252 e. The Morgan fingerprint density at radius 2 is 1.89 bits per heavy atom. The summed E-state index contributed by atoms with van der Waals surface area (Å²) in [7, 11) is 1.68. The number of likely N-dealkylation sites (N-methyl/N-ethyl adjacent to an activating group) is 1. The molecule has 1 aromatic carbocycles. The Labute approximate surface area is 158 Å². The third kappa shape index (κ3) is 4.84. The Morgan fingerprint density at radius 3 is 2.52 bits per heavy atom. The van der Waals surface area contributed by atoms with E-state index in [0.717, 1.165) is 11.1 Å². The number of hydrogen-bond donors (Lipinski definition) is 4. The molecule has 0 radical (unpaired) electrons. The van der Waals surface area contributed by atoms with Crippen molar-refractivity contribution in [2.45, 2.75) is 51.0 Å². The van der Waals surface area contributed by atoms with E-state index in [9.17, 15) is 24.6 Å². The second-order valence-corrected chi connectivity index (χ2v) is 7.44. The number of aliphatic hydroxyl groups is 2. The number of nitrogens with one attached hydrogen (secondary N) is 2. The van der Waals surface area contributed by atoms with Crippen LogP contribution in [0.15, 0.2) is 24.3 Å². The Kier molecular flexibility index (Phi) is 6.22. The highest BCUT2D eigenvalue weighted by atomic mass is 16.3. The number of hydrogen-bond acceptors (Lipinski definition) is 5. The van der Waals surface area contributed by atoms with Crippen LogP contribution in [0, 0.1) is 0 Å². The first-order valence-corrected chi connectivity index (χ1v) is 8.86. The van der Waals surface area contributed by atoms with Crippen molar-refractivity contribution >= 4 is 17.7 Å². The molecule has 1 aliphatic rings. The molecule has 27 heavy (non-hydrogen) atoms. The van der Waals surface area contributed by atoms with Gasteiger partial charge < -0.3 is 25.7 Å². The van der Waals surface area contributed by atoms with Gasteiger partial charge in [-0.15, -0.1) is 0 Å². The van der Waals surface area contributed by atoms with E-state index in [4.69, 9.17) is 0 Å². The van der Waals surface area contributed by atoms with Gasteiger partial charge in [0.25, 0.3) is 5.91 Å². The van der Waals surface area contributed by atoms with Crippen LogP contribution in [0.5, 0.6) is 0 Å². The predicted molar refractivity (Wildman–Crippen MR) is 98.6 cm³/mol. The summed E-state index contributed by atoms with van der Waals surface area (Å²) in [5.74, 6) is -1.66. The summed E-state index contributed by atoms with van der Waals surface area (Å²) in [5.41, 5.74) is 0.0732. The van der Waals surface area contributed by atoms with Crippen molar-refractivity contribution in [3.05, 3.63) is 35.4 Å². The van der Waals surface area contributed by atoms with Gasteiger partial charge in [-0.25, -0.2) is 0 Å². The molecule has 8 nitrogen and oxygen atoms in total. The first-order valence-electron chi connectivity index (χ1n) is 8.86. The minimum atomic E-state index is -1.68. The molecular formula is C19H27N3O5. The van der Waals surface area contributed by atoms with Crippen molar-refractivity contribution in [1.82, 2.24) is 15.5 Å². The van der Waals surface area contributed by atoms with Gasteiger partial charge in [-0.1, -0.05) is 24.3 Å². The molecule has 0 saturated carbocycles. The molecule has 4 N–H and O–H groups in total. The lowest BCUT2D eigenvalue weighted by molar-refractivity contribution is -0.144. The molecule has 8 heteroatoms. The van der Waals surface area contributed by atoms with E-state index in [0.29, 0.717) is 13.0 Å². The Balaban J connectivity index is 2.13. The molecule has 0 aromatic heterocycles. The molecule has 3 atom stereocenters. The van der Waals surface area contributed by atoms with Crippen LogP contribution in [0.4, 0.5) is 0 Å². The number of amides is 3. The number of rotatable bonds is 5. The van der Waals surface area contributed by atoms with Gasteiger partial charge in [0.15, 0.2) is 6.10 Å². The summed E-state index contributed by atoms with van der Waals surface area (Å²) < 4.78 is 0. The van der Waals surface area contributed by atoms with Crippen LogP contribution in [-0.4, -0.2) is 64.2 Å². The van der Waals surface area contributed by atoms with Crippen molar-refractivity contribution in [2.24, 2.45) is 0 Å². The van der Waals surface area contributed by atoms with E-state index in [-0.39, 0.29) is 5.91 Å². The normalized spacial score (nSPS) is 19.6. The maximum atomic E-state index is 12.7. The minimum absolute atomic E-state index is 0.233. The number of carbonyl (C=O) groups excluding carboxylic acids is 3. The molecule has 1 aromatic rings. The summed E-state index contributed by atoms with van der Waals surface area (Å²) in [6.07, 6.45) is -0.992. The van der Waals surface area contributed by atoms with Crippen LogP contribution >= 0.6 is 0 Å². The Hall–Kier alpha value is -2.45. The van der Waals surface area contributed by atoms with E-state index in [1.807, 2.05) is 18.2 Å². The molecule has 0 fully saturated rings. The third-order valence-corrected chi connectivity index (χ3v) is 4.66. The van der Waals surface area contributed by atoms with Gasteiger partial charge in [-0.3, -0.25) is 14.4 Å². The fourth-order valence-electron chi connectivity index (χ4n) is 2.88. The van der Waals surface area contributed by atoms with Gasteiger partial charge in [0.1, 0.15) is 12.1 Å². The molecule has 0 aliphatic carbocycles. The zero-order valence-corrected chi connectivity index (χ0v) is 16.0. The van der Waals surface area contributed by atoms with Gasteiger partial charge in [0, 0.05) is 13.6 Å². The van der Waals surface area contributed by atoms with Crippen LogP contribution in [0.25, 0.3) is 0 Å². The van der Waals surface area contributed by atoms with Crippen LogP contribution in [0.3, 0.4) is 0 Å². The minimum Gasteiger partial charge on any atom is -0.387 e. The SMILES string of the molecule is C[C@H](NC(=O)[C@@H](O)C(C)(C)O)C(=O)N[C@@H]1C(=O)N(C)CCc2ccccc21. The van der Waals surface area contributed by atoms with Gasteiger partial charge in [0.2, 0.25) is 11.8 Å². The van der Waals surface area contributed by atoms with E-state index in [1.54, 1.807) is 18.0 Å². The van der Waals surface area contributed by atoms with Crippen molar-refractivity contribution < 1.29 is 24.6 Å². The molecule has 2 rings (SSSR count). The third-order valence-electron chi connectivity index (χ3n) is 4.66. The zero-order valence-electron chi connectivity index (χ0n) is 16.0. The summed E-state index contributed by atoms with van der Waals surface area (Å²) in [5, 5.41) is 24.6. The van der Waals surface area contributed by atoms with Crippen LogP contribution in [0.2, 0.25) is 0 Å². The molecule has 3 amide bonds. The average Bonchev–Trinajstić information content (AvgIpc) is 2.72. The highest BCUT2D eigenvalue weighted by Crippen LogP contribution is 2.24. The van der Waals surface area contributed by atoms with E-state index >= 15 is 0 Å². The molecule has 1 aliphatic heterocycles. The summed E-state index contributed by atoms with van der Waals surface area (Å²) in [6, 6.07) is 5.57. The highest BCUT2D eigenvalue weighted by Gasteiger charge is 2.34. The van der Waals surface area contributed by atoms with Crippen molar-refractivity contribution in [2.75, 3.05) is 13.6 Å². The quantitative estimate of drug-likeness (QED) is 0.551. The Morgan fingerprint density at radius 1 is 1.26 bits per heavy atom. The molecule has 1 heterocycles. The van der Waals surface area contributed by atoms with Crippen LogP contribution in [-0.2, 0) is 20.8 Å². The second-order valence-electron chi connectivity index (χ2n) is 7.44. The summed E-state index contributed by atoms with van der Waals surface area (Å²) >= 11 is 0. The number of carbonyl (C=O) groups is 3. The topological polar surface area (TPSA) is 119 Å². The number of benzene rings is 1. The molecular weight excluding hydrogens is 350 g/mol. The monoisotopic (exact) mass is 377 g/mol. The lowest BCUT2D eigenvalue weighted by Crippen LogP contribution is -2.54. The zero-order chi connectivity index (χ0) is 20.4. The molecule has 0 bridgehead atoms.